The minimum absolute atomic E-state index is 0.0426. The van der Waals surface area contributed by atoms with Crippen LogP contribution in [0.25, 0.3) is 23.1 Å². The van der Waals surface area contributed by atoms with Gasteiger partial charge in [0.2, 0.25) is 0 Å². The van der Waals surface area contributed by atoms with Crippen LogP contribution in [0.5, 0.6) is 5.75 Å². The summed E-state index contributed by atoms with van der Waals surface area (Å²) in [6, 6.07) is 24.1. The molecular weight excluding hydrogens is 466 g/mol. The predicted octanol–water partition coefficient (Wildman–Crippen LogP) is 6.78. The second-order valence-electron chi connectivity index (χ2n) is 9.01. The highest BCUT2D eigenvalue weighted by Gasteiger charge is 2.14. The molecule has 0 aliphatic rings. The summed E-state index contributed by atoms with van der Waals surface area (Å²) in [4.78, 5) is 22.6. The number of ether oxygens (including phenoxy) is 1. The number of rotatable bonds is 13. The normalized spacial score (nSPS) is 11.2. The third-order valence-corrected chi connectivity index (χ3v) is 6.24. The molecule has 0 saturated carbocycles. The number of benzene rings is 3. The highest BCUT2D eigenvalue weighted by atomic mass is 16.5. The summed E-state index contributed by atoms with van der Waals surface area (Å²) in [6.45, 7) is 1.14. The van der Waals surface area contributed by atoms with Crippen molar-refractivity contribution in [2.75, 3.05) is 6.61 Å². The van der Waals surface area contributed by atoms with Crippen molar-refractivity contribution in [3.05, 3.63) is 101 Å². The average molecular weight is 498 g/mol. The number of hydrogen-bond acceptors (Lipinski definition) is 3. The zero-order valence-electron chi connectivity index (χ0n) is 20.7. The molecule has 0 atom stereocenters. The van der Waals surface area contributed by atoms with Gasteiger partial charge in [0.05, 0.1) is 12.2 Å². The molecule has 37 heavy (non-hydrogen) atoms. The van der Waals surface area contributed by atoms with Gasteiger partial charge >= 0.3 is 11.9 Å². The van der Waals surface area contributed by atoms with Gasteiger partial charge in [0.25, 0.3) is 0 Å². The quantitative estimate of drug-likeness (QED) is 0.157. The van der Waals surface area contributed by atoms with Gasteiger partial charge in [-0.2, -0.15) is 0 Å². The number of aliphatic carboxylic acids is 1. The second-order valence-corrected chi connectivity index (χ2v) is 9.01. The van der Waals surface area contributed by atoms with Gasteiger partial charge < -0.3 is 19.5 Å². The molecule has 0 spiro atoms. The molecule has 0 unspecified atom stereocenters. The van der Waals surface area contributed by atoms with Gasteiger partial charge in [-0.3, -0.25) is 4.79 Å². The third-order valence-electron chi connectivity index (χ3n) is 6.24. The monoisotopic (exact) mass is 497 g/mol. The van der Waals surface area contributed by atoms with Crippen molar-refractivity contribution >= 4 is 35.0 Å². The first-order valence-corrected chi connectivity index (χ1v) is 12.5. The van der Waals surface area contributed by atoms with Crippen LogP contribution in [0.2, 0.25) is 0 Å². The maximum Gasteiger partial charge on any atom is 0.337 e. The van der Waals surface area contributed by atoms with E-state index < -0.39 is 11.9 Å². The molecule has 1 heterocycles. The van der Waals surface area contributed by atoms with Crippen LogP contribution in [0.4, 0.5) is 0 Å². The third kappa shape index (κ3) is 7.34. The first-order chi connectivity index (χ1) is 18.0. The first-order valence-electron chi connectivity index (χ1n) is 12.5. The minimum Gasteiger partial charge on any atom is -0.494 e. The molecule has 190 valence electrons. The summed E-state index contributed by atoms with van der Waals surface area (Å²) < 4.78 is 7.69. The number of hydrogen-bond donors (Lipinski definition) is 2. The summed E-state index contributed by atoms with van der Waals surface area (Å²) in [5.74, 6) is -1.02. The van der Waals surface area contributed by atoms with E-state index in [2.05, 4.69) is 24.3 Å². The van der Waals surface area contributed by atoms with Crippen molar-refractivity contribution in [3.8, 4) is 5.75 Å². The Morgan fingerprint density at radius 3 is 2.30 bits per heavy atom. The van der Waals surface area contributed by atoms with E-state index in [9.17, 15) is 14.7 Å². The summed E-state index contributed by atoms with van der Waals surface area (Å²) in [5, 5.41) is 19.2. The average Bonchev–Trinajstić information content (AvgIpc) is 3.26. The highest BCUT2D eigenvalue weighted by Crippen LogP contribution is 2.25. The largest absolute Gasteiger partial charge is 0.494 e. The number of unbranched alkanes of at least 4 members (excludes halogenated alkanes) is 1. The van der Waals surface area contributed by atoms with Crippen molar-refractivity contribution in [3.63, 3.8) is 0 Å². The molecule has 0 aliphatic heterocycles. The van der Waals surface area contributed by atoms with Crippen LogP contribution in [0.1, 0.15) is 52.7 Å². The van der Waals surface area contributed by atoms with Gasteiger partial charge in [0, 0.05) is 30.1 Å². The Morgan fingerprint density at radius 2 is 1.57 bits per heavy atom. The fourth-order valence-electron chi connectivity index (χ4n) is 4.31. The molecule has 0 saturated heterocycles. The highest BCUT2D eigenvalue weighted by molar-refractivity contribution is 6.04. The number of aromatic nitrogens is 1. The molecule has 6 heteroatoms. The van der Waals surface area contributed by atoms with Crippen molar-refractivity contribution in [2.45, 2.75) is 38.6 Å². The van der Waals surface area contributed by atoms with Gasteiger partial charge in [-0.15, -0.1) is 0 Å². The maximum absolute atomic E-state index is 11.8. The molecule has 0 radical (unpaired) electrons. The molecule has 0 bridgehead atoms. The number of aromatic carboxylic acids is 1. The van der Waals surface area contributed by atoms with Crippen LogP contribution in [-0.2, 0) is 17.8 Å². The van der Waals surface area contributed by atoms with E-state index in [1.54, 1.807) is 6.20 Å². The predicted molar refractivity (Wildman–Crippen MR) is 146 cm³/mol. The van der Waals surface area contributed by atoms with Crippen molar-refractivity contribution in [1.82, 2.24) is 4.57 Å². The lowest BCUT2D eigenvalue weighted by molar-refractivity contribution is -0.137. The summed E-state index contributed by atoms with van der Waals surface area (Å²) in [6.07, 6.45) is 9.14. The van der Waals surface area contributed by atoms with Crippen LogP contribution in [0.15, 0.2) is 79.0 Å². The molecule has 6 nitrogen and oxygen atoms in total. The van der Waals surface area contributed by atoms with E-state index in [-0.39, 0.29) is 12.0 Å². The van der Waals surface area contributed by atoms with E-state index in [1.807, 2.05) is 65.3 Å². The standard InChI is InChI=1S/C31H31NO5/c33-30(34)10-6-19-32-22-28(31(35)36)27-21-25(15-18-29(27)32)12-11-24-13-16-26(17-14-24)37-20-5-4-9-23-7-2-1-3-8-23/h1-3,7-8,11-18,21-22H,4-6,9-10,19-20H2,(H,33,34)(H,35,36)/b12-11+. The zero-order chi connectivity index (χ0) is 26.0. The summed E-state index contributed by atoms with van der Waals surface area (Å²) >= 11 is 0. The molecule has 0 aliphatic carbocycles. The van der Waals surface area contributed by atoms with Crippen molar-refractivity contribution < 1.29 is 24.5 Å². The van der Waals surface area contributed by atoms with E-state index in [1.165, 1.54) is 5.56 Å². The lowest BCUT2D eigenvalue weighted by Crippen LogP contribution is -2.01. The van der Waals surface area contributed by atoms with Crippen LogP contribution >= 0.6 is 0 Å². The topological polar surface area (TPSA) is 88.8 Å². The molecule has 0 amide bonds. The maximum atomic E-state index is 11.8. The Labute approximate surface area is 216 Å². The van der Waals surface area contributed by atoms with E-state index in [0.29, 0.717) is 25.0 Å². The van der Waals surface area contributed by atoms with Gasteiger partial charge in [-0.05, 0) is 66.6 Å². The van der Waals surface area contributed by atoms with E-state index in [0.717, 1.165) is 41.7 Å². The Balaban J connectivity index is 1.34. The van der Waals surface area contributed by atoms with Gasteiger partial charge in [0.1, 0.15) is 5.75 Å². The fraction of sp³-hybridized carbons (Fsp3) is 0.226. The summed E-state index contributed by atoms with van der Waals surface area (Å²) in [5.41, 5.74) is 4.25. The van der Waals surface area contributed by atoms with E-state index >= 15 is 0 Å². The Morgan fingerprint density at radius 1 is 0.838 bits per heavy atom. The Kier molecular flexibility index (Phi) is 8.76. The fourth-order valence-corrected chi connectivity index (χ4v) is 4.31. The number of carboxylic acids is 2. The number of carboxylic acid groups (broad SMARTS) is 2. The number of fused-ring (bicyclic) bond motifs is 1. The van der Waals surface area contributed by atoms with Crippen LogP contribution in [0, 0.1) is 0 Å². The SMILES string of the molecule is O=C(O)CCCn1cc(C(=O)O)c2cc(/C=C/c3ccc(OCCCCc4ccccc4)cc3)ccc21. The number of carbonyl (C=O) groups is 2. The number of aryl methyl sites for hydroxylation is 2. The molecule has 4 aromatic rings. The molecule has 2 N–H and O–H groups in total. The molecule has 4 rings (SSSR count). The van der Waals surface area contributed by atoms with Crippen LogP contribution in [-0.4, -0.2) is 33.3 Å². The summed E-state index contributed by atoms with van der Waals surface area (Å²) in [7, 11) is 0. The Hall–Kier alpha value is -4.32. The van der Waals surface area contributed by atoms with Gasteiger partial charge in [-0.25, -0.2) is 4.79 Å². The molecule has 3 aromatic carbocycles. The minimum atomic E-state index is -1.00. The van der Waals surface area contributed by atoms with Crippen LogP contribution in [0.3, 0.4) is 0 Å². The van der Waals surface area contributed by atoms with Gasteiger partial charge in [-0.1, -0.05) is 60.7 Å². The van der Waals surface area contributed by atoms with Crippen molar-refractivity contribution in [2.24, 2.45) is 0 Å². The molecule has 0 fully saturated rings. The number of nitrogens with zero attached hydrogens (tertiary/aromatic N) is 1. The van der Waals surface area contributed by atoms with Crippen LogP contribution < -0.4 is 4.74 Å². The van der Waals surface area contributed by atoms with Gasteiger partial charge in [0.15, 0.2) is 0 Å². The Bertz CT molecular complexity index is 1370. The van der Waals surface area contributed by atoms with Crippen molar-refractivity contribution in [1.29, 1.82) is 0 Å². The zero-order valence-corrected chi connectivity index (χ0v) is 20.7. The first kappa shape index (κ1) is 25.8. The second kappa shape index (κ2) is 12.6. The smallest absolute Gasteiger partial charge is 0.337 e. The van der Waals surface area contributed by atoms with E-state index in [4.69, 9.17) is 9.84 Å². The molecular formula is C31H31NO5. The molecule has 1 aromatic heterocycles. The lowest BCUT2D eigenvalue weighted by Gasteiger charge is -2.07. The lowest BCUT2D eigenvalue weighted by atomic mass is 10.1.